The van der Waals surface area contributed by atoms with Crippen LogP contribution in [0, 0.1) is 5.41 Å². The highest BCUT2D eigenvalue weighted by Crippen LogP contribution is 2.35. The largest absolute Gasteiger partial charge is 0.459 e. The molecule has 0 saturated heterocycles. The normalized spacial score (nSPS) is 14.3. The standard InChI is InChI=1S/C17H25NO/c1-11(2)12-7-8-14-13(9-12)10-15(19-14)16(18-6)17(3,4)5/h7-11,16,18H,1-6H3. The molecule has 1 N–H and O–H groups in total. The lowest BCUT2D eigenvalue weighted by atomic mass is 9.85. The van der Waals surface area contributed by atoms with Crippen molar-refractivity contribution < 1.29 is 4.42 Å². The van der Waals surface area contributed by atoms with Gasteiger partial charge in [-0.25, -0.2) is 0 Å². The maximum absolute atomic E-state index is 6.02. The Morgan fingerprint density at radius 3 is 2.32 bits per heavy atom. The van der Waals surface area contributed by atoms with Crippen LogP contribution in [0.1, 0.15) is 57.9 Å². The van der Waals surface area contributed by atoms with E-state index in [1.165, 1.54) is 10.9 Å². The van der Waals surface area contributed by atoms with E-state index >= 15 is 0 Å². The molecule has 2 rings (SSSR count). The zero-order valence-electron chi connectivity index (χ0n) is 12.9. The van der Waals surface area contributed by atoms with E-state index in [0.29, 0.717) is 5.92 Å². The van der Waals surface area contributed by atoms with Crippen molar-refractivity contribution in [3.05, 3.63) is 35.6 Å². The maximum Gasteiger partial charge on any atom is 0.134 e. The molecule has 1 aromatic carbocycles. The van der Waals surface area contributed by atoms with Gasteiger partial charge in [-0.2, -0.15) is 0 Å². The fourth-order valence-electron chi connectivity index (χ4n) is 2.59. The number of fused-ring (bicyclic) bond motifs is 1. The van der Waals surface area contributed by atoms with Crippen molar-refractivity contribution in [2.45, 2.75) is 46.6 Å². The zero-order valence-corrected chi connectivity index (χ0v) is 12.9. The Morgan fingerprint density at radius 2 is 1.79 bits per heavy atom. The van der Waals surface area contributed by atoms with Gasteiger partial charge in [0, 0.05) is 5.39 Å². The highest BCUT2D eigenvalue weighted by molar-refractivity contribution is 5.79. The second-order valence-corrected chi connectivity index (χ2v) is 6.69. The molecule has 0 aliphatic carbocycles. The van der Waals surface area contributed by atoms with Gasteiger partial charge in [-0.3, -0.25) is 0 Å². The smallest absolute Gasteiger partial charge is 0.134 e. The maximum atomic E-state index is 6.02. The van der Waals surface area contributed by atoms with E-state index in [2.05, 4.69) is 64.2 Å². The summed E-state index contributed by atoms with van der Waals surface area (Å²) in [5.41, 5.74) is 2.46. The summed E-state index contributed by atoms with van der Waals surface area (Å²) >= 11 is 0. The Morgan fingerprint density at radius 1 is 1.11 bits per heavy atom. The highest BCUT2D eigenvalue weighted by Gasteiger charge is 2.27. The van der Waals surface area contributed by atoms with E-state index in [9.17, 15) is 0 Å². The van der Waals surface area contributed by atoms with Gasteiger partial charge in [0.15, 0.2) is 0 Å². The second kappa shape index (κ2) is 5.01. The van der Waals surface area contributed by atoms with Crippen LogP contribution in [0.25, 0.3) is 11.0 Å². The van der Waals surface area contributed by atoms with Crippen molar-refractivity contribution in [2.24, 2.45) is 5.41 Å². The van der Waals surface area contributed by atoms with Crippen LogP contribution < -0.4 is 5.32 Å². The first-order valence-electron chi connectivity index (χ1n) is 7.03. The van der Waals surface area contributed by atoms with Gasteiger partial charge < -0.3 is 9.73 Å². The molecule has 104 valence electrons. The molecule has 2 aromatic rings. The molecule has 0 bridgehead atoms. The number of rotatable bonds is 3. The molecule has 2 nitrogen and oxygen atoms in total. The number of hydrogen-bond acceptors (Lipinski definition) is 2. The molecule has 19 heavy (non-hydrogen) atoms. The van der Waals surface area contributed by atoms with Crippen molar-refractivity contribution >= 4 is 11.0 Å². The first-order chi connectivity index (χ1) is 8.82. The molecule has 0 amide bonds. The molecule has 2 heteroatoms. The van der Waals surface area contributed by atoms with Gasteiger partial charge >= 0.3 is 0 Å². The first-order valence-corrected chi connectivity index (χ1v) is 7.03. The minimum absolute atomic E-state index is 0.128. The van der Waals surface area contributed by atoms with Crippen molar-refractivity contribution in [3.8, 4) is 0 Å². The molecule has 0 spiro atoms. The van der Waals surface area contributed by atoms with Crippen LogP contribution in [0.3, 0.4) is 0 Å². The molecule has 1 aromatic heterocycles. The number of nitrogens with one attached hydrogen (secondary N) is 1. The average molecular weight is 259 g/mol. The lowest BCUT2D eigenvalue weighted by Gasteiger charge is -2.28. The van der Waals surface area contributed by atoms with Crippen molar-refractivity contribution in [1.82, 2.24) is 5.32 Å². The fourth-order valence-corrected chi connectivity index (χ4v) is 2.59. The molecule has 0 radical (unpaired) electrons. The van der Waals surface area contributed by atoms with Gasteiger partial charge in [-0.15, -0.1) is 0 Å². The van der Waals surface area contributed by atoms with Gasteiger partial charge in [0.25, 0.3) is 0 Å². The third kappa shape index (κ3) is 2.84. The van der Waals surface area contributed by atoms with Crippen LogP contribution in [0.15, 0.2) is 28.7 Å². The van der Waals surface area contributed by atoms with E-state index in [1.807, 2.05) is 7.05 Å². The van der Waals surface area contributed by atoms with Crippen LogP contribution in [-0.2, 0) is 0 Å². The van der Waals surface area contributed by atoms with Crippen LogP contribution in [0.2, 0.25) is 0 Å². The van der Waals surface area contributed by atoms with Crippen LogP contribution >= 0.6 is 0 Å². The van der Waals surface area contributed by atoms with E-state index in [-0.39, 0.29) is 11.5 Å². The Bertz CT molecular complexity index is 560. The highest BCUT2D eigenvalue weighted by atomic mass is 16.3. The van der Waals surface area contributed by atoms with Gasteiger partial charge in [-0.1, -0.05) is 40.7 Å². The van der Waals surface area contributed by atoms with Gasteiger partial charge in [-0.05, 0) is 42.1 Å². The lowest BCUT2D eigenvalue weighted by Crippen LogP contribution is -2.29. The van der Waals surface area contributed by atoms with Crippen LogP contribution in [-0.4, -0.2) is 7.05 Å². The summed E-state index contributed by atoms with van der Waals surface area (Å²) in [5.74, 6) is 1.57. The fraction of sp³-hybridized carbons (Fsp3) is 0.529. The first kappa shape index (κ1) is 14.1. The summed E-state index contributed by atoms with van der Waals surface area (Å²) in [5, 5.41) is 4.56. The summed E-state index contributed by atoms with van der Waals surface area (Å²) in [6, 6.07) is 8.88. The summed E-state index contributed by atoms with van der Waals surface area (Å²) < 4.78 is 6.02. The molecule has 0 aliphatic rings. The Hall–Kier alpha value is -1.28. The molecule has 0 saturated carbocycles. The number of hydrogen-bond donors (Lipinski definition) is 1. The van der Waals surface area contributed by atoms with Crippen LogP contribution in [0.4, 0.5) is 0 Å². The van der Waals surface area contributed by atoms with Gasteiger partial charge in [0.2, 0.25) is 0 Å². The van der Waals surface area contributed by atoms with E-state index in [4.69, 9.17) is 4.42 Å². The monoisotopic (exact) mass is 259 g/mol. The predicted octanol–water partition coefficient (Wildman–Crippen LogP) is 4.86. The van der Waals surface area contributed by atoms with Crippen molar-refractivity contribution in [1.29, 1.82) is 0 Å². The quantitative estimate of drug-likeness (QED) is 0.851. The second-order valence-electron chi connectivity index (χ2n) is 6.69. The minimum Gasteiger partial charge on any atom is -0.459 e. The minimum atomic E-state index is 0.128. The topological polar surface area (TPSA) is 25.2 Å². The average Bonchev–Trinajstić information content (AvgIpc) is 2.69. The Balaban J connectivity index is 2.46. The summed E-state index contributed by atoms with van der Waals surface area (Å²) in [6.45, 7) is 11.1. The van der Waals surface area contributed by atoms with Gasteiger partial charge in [0.1, 0.15) is 11.3 Å². The van der Waals surface area contributed by atoms with Crippen LogP contribution in [0.5, 0.6) is 0 Å². The molecule has 0 aliphatic heterocycles. The SMILES string of the molecule is CNC(c1cc2cc(C(C)C)ccc2o1)C(C)(C)C. The summed E-state index contributed by atoms with van der Waals surface area (Å²) in [7, 11) is 1.99. The Labute approximate surface area is 116 Å². The number of furan rings is 1. The molecule has 0 fully saturated rings. The van der Waals surface area contributed by atoms with Gasteiger partial charge in [0.05, 0.1) is 6.04 Å². The lowest BCUT2D eigenvalue weighted by molar-refractivity contribution is 0.253. The summed E-state index contributed by atoms with van der Waals surface area (Å²) in [4.78, 5) is 0. The molecular weight excluding hydrogens is 234 g/mol. The molecule has 1 atom stereocenters. The third-order valence-electron chi connectivity index (χ3n) is 3.67. The predicted molar refractivity (Wildman–Crippen MR) is 81.6 cm³/mol. The molecular formula is C17H25NO. The number of benzene rings is 1. The Kier molecular flexibility index (Phi) is 3.73. The summed E-state index contributed by atoms with van der Waals surface area (Å²) in [6.07, 6.45) is 0. The third-order valence-corrected chi connectivity index (χ3v) is 3.67. The van der Waals surface area contributed by atoms with E-state index in [1.54, 1.807) is 0 Å². The van der Waals surface area contributed by atoms with E-state index < -0.39 is 0 Å². The van der Waals surface area contributed by atoms with Crippen molar-refractivity contribution in [3.63, 3.8) is 0 Å². The molecule has 1 unspecified atom stereocenters. The van der Waals surface area contributed by atoms with Crippen molar-refractivity contribution in [2.75, 3.05) is 7.05 Å². The van der Waals surface area contributed by atoms with E-state index in [0.717, 1.165) is 11.3 Å². The molecule has 1 heterocycles. The zero-order chi connectivity index (χ0) is 14.2.